The van der Waals surface area contributed by atoms with Gasteiger partial charge in [-0.15, -0.1) is 0 Å². The van der Waals surface area contributed by atoms with Crippen molar-refractivity contribution in [1.29, 1.82) is 0 Å². The molecule has 0 saturated heterocycles. The van der Waals surface area contributed by atoms with Crippen LogP contribution in [0.15, 0.2) is 46.9 Å². The predicted octanol–water partition coefficient (Wildman–Crippen LogP) is 4.54. The highest BCUT2D eigenvalue weighted by Gasteiger charge is 2.29. The van der Waals surface area contributed by atoms with Crippen molar-refractivity contribution < 1.29 is 4.79 Å². The zero-order valence-electron chi connectivity index (χ0n) is 13.5. The molecule has 3 nitrogen and oxygen atoms in total. The second-order valence-corrected chi connectivity index (χ2v) is 6.94. The van der Waals surface area contributed by atoms with E-state index in [2.05, 4.69) is 47.2 Å². The number of fused-ring (bicyclic) bond motifs is 1. The van der Waals surface area contributed by atoms with Crippen molar-refractivity contribution in [3.05, 3.63) is 58.1 Å². The van der Waals surface area contributed by atoms with Crippen LogP contribution in [0.3, 0.4) is 0 Å². The minimum atomic E-state index is 0.182. The lowest BCUT2D eigenvalue weighted by Crippen LogP contribution is -2.36. The molecular formula is C19H21BrN2O. The average molecular weight is 373 g/mol. The van der Waals surface area contributed by atoms with Crippen molar-refractivity contribution in [3.63, 3.8) is 0 Å². The van der Waals surface area contributed by atoms with Gasteiger partial charge >= 0.3 is 0 Å². The number of halogens is 1. The van der Waals surface area contributed by atoms with Gasteiger partial charge in [-0.25, -0.2) is 0 Å². The molecule has 0 radical (unpaired) electrons. The highest BCUT2D eigenvalue weighted by Crippen LogP contribution is 2.32. The molecule has 1 aliphatic rings. The first kappa shape index (κ1) is 16.1. The summed E-state index contributed by atoms with van der Waals surface area (Å²) in [5.41, 5.74) is 4.58. The number of hydrogen-bond donors (Lipinski definition) is 1. The summed E-state index contributed by atoms with van der Waals surface area (Å²) < 4.78 is 1.08. The van der Waals surface area contributed by atoms with Gasteiger partial charge in [-0.3, -0.25) is 4.79 Å². The van der Waals surface area contributed by atoms with E-state index in [4.69, 9.17) is 0 Å². The summed E-state index contributed by atoms with van der Waals surface area (Å²) >= 11 is 3.53. The maximum Gasteiger partial charge on any atom is 0.229 e. The Morgan fingerprint density at radius 2 is 2.09 bits per heavy atom. The van der Waals surface area contributed by atoms with Gasteiger partial charge in [-0.05, 0) is 49.6 Å². The normalized spacial score (nSPS) is 16.3. The molecule has 1 amide bonds. The topological polar surface area (TPSA) is 32.3 Å². The van der Waals surface area contributed by atoms with Crippen molar-refractivity contribution in [3.8, 4) is 0 Å². The fourth-order valence-corrected chi connectivity index (χ4v) is 3.46. The summed E-state index contributed by atoms with van der Waals surface area (Å²) in [5.74, 6) is 0.182. The number of aryl methyl sites for hydroxylation is 1. The molecule has 23 heavy (non-hydrogen) atoms. The Labute approximate surface area is 145 Å². The predicted molar refractivity (Wildman–Crippen MR) is 99.1 cm³/mol. The van der Waals surface area contributed by atoms with Gasteiger partial charge in [0, 0.05) is 34.9 Å². The lowest BCUT2D eigenvalue weighted by atomic mass is 10.1. The number of hydrogen-bond acceptors (Lipinski definition) is 2. The van der Waals surface area contributed by atoms with E-state index in [1.165, 1.54) is 11.1 Å². The zero-order chi connectivity index (χ0) is 16.4. The molecule has 0 aromatic heterocycles. The summed E-state index contributed by atoms with van der Waals surface area (Å²) in [7, 11) is 0. The largest absolute Gasteiger partial charge is 0.384 e. The van der Waals surface area contributed by atoms with E-state index >= 15 is 0 Å². The van der Waals surface area contributed by atoms with E-state index in [1.807, 2.05) is 35.2 Å². The van der Waals surface area contributed by atoms with Crippen molar-refractivity contribution in [2.24, 2.45) is 0 Å². The molecule has 0 saturated carbocycles. The lowest BCUT2D eigenvalue weighted by molar-refractivity contribution is -0.118. The molecule has 1 atom stereocenters. The van der Waals surface area contributed by atoms with Crippen molar-refractivity contribution in [2.75, 3.05) is 16.8 Å². The third-order valence-corrected chi connectivity index (χ3v) is 5.17. The van der Waals surface area contributed by atoms with Gasteiger partial charge in [0.15, 0.2) is 0 Å². The van der Waals surface area contributed by atoms with Crippen LogP contribution >= 0.6 is 15.9 Å². The van der Waals surface area contributed by atoms with Crippen LogP contribution < -0.4 is 10.2 Å². The highest BCUT2D eigenvalue weighted by molar-refractivity contribution is 9.10. The number of anilines is 2. The number of nitrogens with zero attached hydrogens (tertiary/aromatic N) is 1. The SMILES string of the molecule is Cc1ccc(NCCC(=O)N2c3ccccc3CC2C)cc1Br. The standard InChI is InChI=1S/C19H21BrN2O/c1-13-7-8-16(12-17(13)20)21-10-9-19(23)22-14(2)11-15-5-3-4-6-18(15)22/h3-8,12,14,21H,9-11H2,1-2H3. The minimum Gasteiger partial charge on any atom is -0.384 e. The van der Waals surface area contributed by atoms with E-state index in [1.54, 1.807) is 0 Å². The smallest absolute Gasteiger partial charge is 0.229 e. The van der Waals surface area contributed by atoms with Crippen LogP contribution in [0.2, 0.25) is 0 Å². The molecule has 3 rings (SSSR count). The molecule has 2 aromatic rings. The van der Waals surface area contributed by atoms with Gasteiger partial charge in [-0.1, -0.05) is 40.2 Å². The van der Waals surface area contributed by atoms with E-state index in [9.17, 15) is 4.79 Å². The quantitative estimate of drug-likeness (QED) is 0.854. The third kappa shape index (κ3) is 3.42. The molecule has 1 unspecified atom stereocenters. The second kappa shape index (κ2) is 6.75. The number of carbonyl (C=O) groups excluding carboxylic acids is 1. The summed E-state index contributed by atoms with van der Waals surface area (Å²) in [4.78, 5) is 14.6. The Morgan fingerprint density at radius 1 is 1.30 bits per heavy atom. The fourth-order valence-electron chi connectivity index (χ4n) is 3.08. The van der Waals surface area contributed by atoms with Gasteiger partial charge in [0.25, 0.3) is 0 Å². The molecule has 0 bridgehead atoms. The number of nitrogens with one attached hydrogen (secondary N) is 1. The molecule has 2 aromatic carbocycles. The summed E-state index contributed by atoms with van der Waals surface area (Å²) in [6.45, 7) is 4.81. The fraction of sp³-hybridized carbons (Fsp3) is 0.316. The van der Waals surface area contributed by atoms with E-state index < -0.39 is 0 Å². The van der Waals surface area contributed by atoms with Crippen molar-refractivity contribution >= 4 is 33.2 Å². The molecule has 0 aliphatic carbocycles. The van der Waals surface area contributed by atoms with Crippen LogP contribution in [0.1, 0.15) is 24.5 Å². The monoisotopic (exact) mass is 372 g/mol. The zero-order valence-corrected chi connectivity index (χ0v) is 15.1. The van der Waals surface area contributed by atoms with Crippen LogP contribution in [-0.4, -0.2) is 18.5 Å². The third-order valence-electron chi connectivity index (χ3n) is 4.32. The first-order valence-corrected chi connectivity index (χ1v) is 8.75. The average Bonchev–Trinajstić information content (AvgIpc) is 2.86. The Morgan fingerprint density at radius 3 is 2.87 bits per heavy atom. The Kier molecular flexibility index (Phi) is 4.71. The number of carbonyl (C=O) groups is 1. The molecule has 0 fully saturated rings. The van der Waals surface area contributed by atoms with E-state index in [-0.39, 0.29) is 11.9 Å². The Bertz CT molecular complexity index is 729. The summed E-state index contributed by atoms with van der Waals surface area (Å²) in [6, 6.07) is 14.6. The number of rotatable bonds is 4. The van der Waals surface area contributed by atoms with Crippen molar-refractivity contribution in [1.82, 2.24) is 0 Å². The van der Waals surface area contributed by atoms with Crippen molar-refractivity contribution in [2.45, 2.75) is 32.7 Å². The molecule has 120 valence electrons. The Hall–Kier alpha value is -1.81. The van der Waals surface area contributed by atoms with E-state index in [0.29, 0.717) is 13.0 Å². The molecule has 0 spiro atoms. The first-order valence-electron chi connectivity index (χ1n) is 7.96. The van der Waals surface area contributed by atoms with Gasteiger partial charge in [0.1, 0.15) is 0 Å². The van der Waals surface area contributed by atoms with Crippen LogP contribution in [0.25, 0.3) is 0 Å². The van der Waals surface area contributed by atoms with Gasteiger partial charge in [0.2, 0.25) is 5.91 Å². The van der Waals surface area contributed by atoms with Gasteiger partial charge in [-0.2, -0.15) is 0 Å². The lowest BCUT2D eigenvalue weighted by Gasteiger charge is -2.23. The van der Waals surface area contributed by atoms with Gasteiger partial charge < -0.3 is 10.2 Å². The van der Waals surface area contributed by atoms with Crippen LogP contribution in [0.5, 0.6) is 0 Å². The molecule has 1 heterocycles. The van der Waals surface area contributed by atoms with Crippen LogP contribution in [0, 0.1) is 6.92 Å². The molecule has 4 heteroatoms. The number of amides is 1. The molecular weight excluding hydrogens is 352 g/mol. The molecule has 1 aliphatic heterocycles. The number of benzene rings is 2. The highest BCUT2D eigenvalue weighted by atomic mass is 79.9. The summed E-state index contributed by atoms with van der Waals surface area (Å²) in [6.07, 6.45) is 1.43. The number of para-hydroxylation sites is 1. The maximum atomic E-state index is 12.6. The maximum absolute atomic E-state index is 12.6. The van der Waals surface area contributed by atoms with Crippen LogP contribution in [0.4, 0.5) is 11.4 Å². The first-order chi connectivity index (χ1) is 11.1. The van der Waals surface area contributed by atoms with Crippen LogP contribution in [-0.2, 0) is 11.2 Å². The molecule has 1 N–H and O–H groups in total. The van der Waals surface area contributed by atoms with E-state index in [0.717, 1.165) is 22.3 Å². The van der Waals surface area contributed by atoms with Gasteiger partial charge in [0.05, 0.1) is 0 Å². The Balaban J connectivity index is 1.60. The minimum absolute atomic E-state index is 0.182. The second-order valence-electron chi connectivity index (χ2n) is 6.09. The summed E-state index contributed by atoms with van der Waals surface area (Å²) in [5, 5.41) is 3.33.